The standard InChI is InChI=1S/C11H14ClN3O2/c1-15(6-9(16)7-17-2)11-10(12)3-8(4-13)5-14-11/h3,5,9,16H,6-7H2,1-2H3/t9-/m1/s1. The Morgan fingerprint density at radius 1 is 1.71 bits per heavy atom. The first-order valence-electron chi connectivity index (χ1n) is 5.02. The van der Waals surface area contributed by atoms with E-state index in [2.05, 4.69) is 4.98 Å². The molecule has 0 spiro atoms. The van der Waals surface area contributed by atoms with E-state index in [4.69, 9.17) is 21.6 Å². The minimum Gasteiger partial charge on any atom is -0.389 e. The molecule has 0 aromatic carbocycles. The maximum atomic E-state index is 9.58. The Morgan fingerprint density at radius 3 is 2.94 bits per heavy atom. The van der Waals surface area contributed by atoms with Crippen molar-refractivity contribution in [2.24, 2.45) is 0 Å². The van der Waals surface area contributed by atoms with Gasteiger partial charge in [-0.15, -0.1) is 0 Å². The molecule has 92 valence electrons. The summed E-state index contributed by atoms with van der Waals surface area (Å²) in [6.07, 6.45) is 0.832. The number of ether oxygens (including phenoxy) is 1. The molecule has 1 rings (SSSR count). The summed E-state index contributed by atoms with van der Waals surface area (Å²) < 4.78 is 4.83. The van der Waals surface area contributed by atoms with Crippen LogP contribution in [0.2, 0.25) is 5.02 Å². The lowest BCUT2D eigenvalue weighted by molar-refractivity contribution is 0.0694. The largest absolute Gasteiger partial charge is 0.389 e. The topological polar surface area (TPSA) is 69.4 Å². The minimum absolute atomic E-state index is 0.248. The first kappa shape index (κ1) is 13.7. The van der Waals surface area contributed by atoms with E-state index in [1.54, 1.807) is 18.0 Å². The van der Waals surface area contributed by atoms with E-state index in [1.165, 1.54) is 13.3 Å². The Morgan fingerprint density at radius 2 is 2.41 bits per heavy atom. The molecule has 6 heteroatoms. The highest BCUT2D eigenvalue weighted by molar-refractivity contribution is 6.33. The molecule has 1 aromatic rings. The molecule has 1 atom stereocenters. The Bertz CT molecular complexity index is 420. The molecule has 0 aliphatic carbocycles. The molecule has 0 aliphatic heterocycles. The van der Waals surface area contributed by atoms with E-state index in [9.17, 15) is 5.11 Å². The molecule has 17 heavy (non-hydrogen) atoms. The molecule has 0 saturated carbocycles. The number of nitriles is 1. The van der Waals surface area contributed by atoms with Crippen LogP contribution in [0.15, 0.2) is 12.3 Å². The van der Waals surface area contributed by atoms with Crippen LogP contribution in [0.1, 0.15) is 5.56 Å². The van der Waals surface area contributed by atoms with Gasteiger partial charge in [0.25, 0.3) is 0 Å². The van der Waals surface area contributed by atoms with Gasteiger partial charge in [0, 0.05) is 26.9 Å². The third-order valence-electron chi connectivity index (χ3n) is 2.16. The molecule has 1 N–H and O–H groups in total. The van der Waals surface area contributed by atoms with Crippen LogP contribution in [0, 0.1) is 11.3 Å². The van der Waals surface area contributed by atoms with Crippen LogP contribution in [-0.4, -0.2) is 43.5 Å². The number of likely N-dealkylation sites (N-methyl/N-ethyl adjacent to an activating group) is 1. The van der Waals surface area contributed by atoms with Gasteiger partial charge in [0.15, 0.2) is 0 Å². The number of aliphatic hydroxyl groups is 1. The highest BCUT2D eigenvalue weighted by Gasteiger charge is 2.13. The minimum atomic E-state index is -0.612. The number of halogens is 1. The molecule has 5 nitrogen and oxygen atoms in total. The fraction of sp³-hybridized carbons (Fsp3) is 0.455. The maximum Gasteiger partial charge on any atom is 0.147 e. The summed E-state index contributed by atoms with van der Waals surface area (Å²) in [7, 11) is 3.29. The number of rotatable bonds is 5. The van der Waals surface area contributed by atoms with Crippen LogP contribution < -0.4 is 4.90 Å². The number of hydrogen-bond donors (Lipinski definition) is 1. The van der Waals surface area contributed by atoms with Gasteiger partial charge in [-0.3, -0.25) is 0 Å². The van der Waals surface area contributed by atoms with Crippen LogP contribution in [0.25, 0.3) is 0 Å². The highest BCUT2D eigenvalue weighted by atomic mass is 35.5. The van der Waals surface area contributed by atoms with Gasteiger partial charge in [0.05, 0.1) is 23.3 Å². The van der Waals surface area contributed by atoms with Gasteiger partial charge in [-0.25, -0.2) is 4.98 Å². The normalized spacial score (nSPS) is 11.9. The van der Waals surface area contributed by atoms with E-state index < -0.39 is 6.10 Å². The summed E-state index contributed by atoms with van der Waals surface area (Å²) in [5.41, 5.74) is 0.407. The monoisotopic (exact) mass is 255 g/mol. The number of aromatic nitrogens is 1. The Balaban J connectivity index is 2.76. The second-order valence-electron chi connectivity index (χ2n) is 3.63. The summed E-state index contributed by atoms with van der Waals surface area (Å²) in [6.45, 7) is 0.602. The molecular weight excluding hydrogens is 242 g/mol. The van der Waals surface area contributed by atoms with Gasteiger partial charge in [-0.2, -0.15) is 5.26 Å². The molecule has 0 radical (unpaired) electrons. The average Bonchev–Trinajstić information content (AvgIpc) is 2.28. The lowest BCUT2D eigenvalue weighted by atomic mass is 10.3. The predicted molar refractivity (Wildman–Crippen MR) is 65.1 cm³/mol. The molecule has 0 bridgehead atoms. The molecule has 0 aliphatic rings. The quantitative estimate of drug-likeness (QED) is 0.852. The Hall–Kier alpha value is -1.35. The molecular formula is C11H14ClN3O2. The number of hydrogen-bond acceptors (Lipinski definition) is 5. The lowest BCUT2D eigenvalue weighted by Crippen LogP contribution is -2.32. The summed E-state index contributed by atoms with van der Waals surface area (Å²) in [6, 6.07) is 3.50. The number of pyridine rings is 1. The third-order valence-corrected chi connectivity index (χ3v) is 2.43. The van der Waals surface area contributed by atoms with Crippen molar-refractivity contribution in [1.29, 1.82) is 5.26 Å². The van der Waals surface area contributed by atoms with Crippen molar-refractivity contribution in [2.75, 3.05) is 32.2 Å². The van der Waals surface area contributed by atoms with Gasteiger partial charge in [0.1, 0.15) is 11.9 Å². The van der Waals surface area contributed by atoms with Gasteiger partial charge in [-0.1, -0.05) is 11.6 Å². The molecule has 1 aromatic heterocycles. The first-order valence-corrected chi connectivity index (χ1v) is 5.40. The van der Waals surface area contributed by atoms with Gasteiger partial charge < -0.3 is 14.7 Å². The van der Waals surface area contributed by atoms with Crippen LogP contribution >= 0.6 is 11.6 Å². The number of aliphatic hydroxyl groups excluding tert-OH is 1. The van der Waals surface area contributed by atoms with Crippen molar-refractivity contribution in [1.82, 2.24) is 4.98 Å². The maximum absolute atomic E-state index is 9.58. The SMILES string of the molecule is COC[C@H](O)CN(C)c1ncc(C#N)cc1Cl. The van der Waals surface area contributed by atoms with Gasteiger partial charge in [-0.05, 0) is 6.07 Å². The Kier molecular flexibility index (Phi) is 5.16. The van der Waals surface area contributed by atoms with Crippen molar-refractivity contribution in [3.05, 3.63) is 22.8 Å². The van der Waals surface area contributed by atoms with Crippen LogP contribution in [0.3, 0.4) is 0 Å². The second kappa shape index (κ2) is 6.40. The molecule has 0 fully saturated rings. The summed E-state index contributed by atoms with van der Waals surface area (Å²) in [5.74, 6) is 0.529. The number of nitrogens with zero attached hydrogens (tertiary/aromatic N) is 3. The van der Waals surface area contributed by atoms with Crippen molar-refractivity contribution in [3.8, 4) is 6.07 Å². The predicted octanol–water partition coefficient (Wildman–Crippen LogP) is 1.05. The molecule has 0 saturated heterocycles. The zero-order chi connectivity index (χ0) is 12.8. The third kappa shape index (κ3) is 3.86. The van der Waals surface area contributed by atoms with Crippen LogP contribution in [0.5, 0.6) is 0 Å². The molecule has 0 unspecified atom stereocenters. The lowest BCUT2D eigenvalue weighted by Gasteiger charge is -2.22. The summed E-state index contributed by atoms with van der Waals surface area (Å²) in [5, 5.41) is 18.7. The fourth-order valence-corrected chi connectivity index (χ4v) is 1.73. The van der Waals surface area contributed by atoms with Crippen LogP contribution in [0.4, 0.5) is 5.82 Å². The van der Waals surface area contributed by atoms with Crippen molar-refractivity contribution < 1.29 is 9.84 Å². The first-order chi connectivity index (χ1) is 8.08. The fourth-order valence-electron chi connectivity index (χ4n) is 1.42. The second-order valence-corrected chi connectivity index (χ2v) is 4.04. The van der Waals surface area contributed by atoms with Gasteiger partial charge >= 0.3 is 0 Å². The smallest absolute Gasteiger partial charge is 0.147 e. The zero-order valence-electron chi connectivity index (χ0n) is 9.72. The van der Waals surface area contributed by atoms with Crippen molar-refractivity contribution in [2.45, 2.75) is 6.10 Å². The average molecular weight is 256 g/mol. The van der Waals surface area contributed by atoms with E-state index in [1.807, 2.05) is 6.07 Å². The zero-order valence-corrected chi connectivity index (χ0v) is 10.5. The van der Waals surface area contributed by atoms with E-state index in [-0.39, 0.29) is 6.61 Å². The molecule has 0 amide bonds. The number of methoxy groups -OCH3 is 1. The van der Waals surface area contributed by atoms with Crippen LogP contribution in [-0.2, 0) is 4.74 Å². The van der Waals surface area contributed by atoms with E-state index in [0.717, 1.165) is 0 Å². The summed E-state index contributed by atoms with van der Waals surface area (Å²) in [4.78, 5) is 5.80. The number of anilines is 1. The molecule has 1 heterocycles. The summed E-state index contributed by atoms with van der Waals surface area (Å²) >= 11 is 6.00. The van der Waals surface area contributed by atoms with Crippen molar-refractivity contribution in [3.63, 3.8) is 0 Å². The Labute approximate surface area is 105 Å². The van der Waals surface area contributed by atoms with E-state index in [0.29, 0.717) is 22.9 Å². The van der Waals surface area contributed by atoms with Crippen molar-refractivity contribution >= 4 is 17.4 Å². The van der Waals surface area contributed by atoms with Gasteiger partial charge in [0.2, 0.25) is 0 Å². The van der Waals surface area contributed by atoms with E-state index >= 15 is 0 Å². The highest BCUT2D eigenvalue weighted by Crippen LogP contribution is 2.22.